The van der Waals surface area contributed by atoms with Crippen molar-refractivity contribution in [3.05, 3.63) is 76.3 Å². The van der Waals surface area contributed by atoms with Gasteiger partial charge in [0.2, 0.25) is 5.79 Å². The number of nitrogens with zero attached hydrogens (tertiary/aromatic N) is 1. The summed E-state index contributed by atoms with van der Waals surface area (Å²) in [6, 6.07) is 12.8. The van der Waals surface area contributed by atoms with Gasteiger partial charge >= 0.3 is 0 Å². The fourth-order valence-corrected chi connectivity index (χ4v) is 4.08. The topological polar surface area (TPSA) is 80.4 Å². The van der Waals surface area contributed by atoms with Crippen molar-refractivity contribution in [1.29, 1.82) is 0 Å². The third-order valence-electron chi connectivity index (χ3n) is 4.93. The number of H-pyrrole nitrogens is 1. The average Bonchev–Trinajstić information content (AvgIpc) is 3.44. The number of aromatic amines is 1. The normalized spacial score (nSPS) is 20.2. The van der Waals surface area contributed by atoms with Crippen LogP contribution < -0.4 is 15.4 Å². The summed E-state index contributed by atoms with van der Waals surface area (Å²) in [6.07, 6.45) is 3.50. The van der Waals surface area contributed by atoms with E-state index in [9.17, 15) is 0 Å². The Kier molecular flexibility index (Phi) is 7.17. The van der Waals surface area contributed by atoms with Crippen molar-refractivity contribution in [2.45, 2.75) is 18.3 Å². The lowest BCUT2D eigenvalue weighted by Gasteiger charge is -2.29. The number of aromatic nitrogens is 2. The number of rotatable bonds is 7. The van der Waals surface area contributed by atoms with Crippen LogP contribution in [0.2, 0.25) is 10.0 Å². The molecule has 0 amide bonds. The summed E-state index contributed by atoms with van der Waals surface area (Å²) in [5, 5.41) is 7.48. The summed E-state index contributed by atoms with van der Waals surface area (Å²) >= 11 is 17.7. The Bertz CT molecular complexity index is 1070. The van der Waals surface area contributed by atoms with Gasteiger partial charge in [-0.3, -0.25) is 0 Å². The van der Waals surface area contributed by atoms with E-state index in [0.717, 1.165) is 11.5 Å². The number of nitrogens with one attached hydrogen (secondary N) is 3. The predicted molar refractivity (Wildman–Crippen MR) is 128 cm³/mol. The molecule has 10 heteroatoms. The Morgan fingerprint density at radius 3 is 2.78 bits per heavy atom. The van der Waals surface area contributed by atoms with Crippen molar-refractivity contribution < 1.29 is 14.2 Å². The molecule has 1 saturated heterocycles. The lowest BCUT2D eigenvalue weighted by Crippen LogP contribution is -2.33. The highest BCUT2D eigenvalue weighted by atomic mass is 35.5. The van der Waals surface area contributed by atoms with Crippen LogP contribution in [0.3, 0.4) is 0 Å². The maximum absolute atomic E-state index is 6.50. The number of hydrogen-bond donors (Lipinski definition) is 3. The molecule has 3 N–H and O–H groups in total. The number of benzene rings is 2. The van der Waals surface area contributed by atoms with Crippen molar-refractivity contribution in [2.75, 3.05) is 25.6 Å². The number of anilines is 1. The molecule has 0 saturated carbocycles. The second-order valence-corrected chi connectivity index (χ2v) is 8.43. The highest BCUT2D eigenvalue weighted by Crippen LogP contribution is 2.41. The molecule has 0 radical (unpaired) electrons. The fourth-order valence-electron chi connectivity index (χ4n) is 3.41. The summed E-state index contributed by atoms with van der Waals surface area (Å²) in [7, 11) is 1.76. The van der Waals surface area contributed by atoms with Gasteiger partial charge in [0.25, 0.3) is 0 Å². The lowest BCUT2D eigenvalue weighted by molar-refractivity contribution is -0.179. The summed E-state index contributed by atoms with van der Waals surface area (Å²) < 4.78 is 18.5. The summed E-state index contributed by atoms with van der Waals surface area (Å²) in [6.45, 7) is 0.655. The van der Waals surface area contributed by atoms with Gasteiger partial charge in [-0.2, -0.15) is 0 Å². The number of ether oxygens (including phenoxy) is 3. The molecule has 3 aromatic rings. The van der Waals surface area contributed by atoms with Gasteiger partial charge in [-0.1, -0.05) is 29.3 Å². The minimum atomic E-state index is -1.09. The molecule has 2 atom stereocenters. The predicted octanol–water partition coefficient (Wildman–Crippen LogP) is 4.52. The van der Waals surface area contributed by atoms with Crippen LogP contribution in [0.15, 0.2) is 54.9 Å². The number of hydrogen-bond acceptors (Lipinski definition) is 5. The van der Waals surface area contributed by atoms with Crippen LogP contribution in [0.5, 0.6) is 5.75 Å². The zero-order chi connectivity index (χ0) is 22.6. The van der Waals surface area contributed by atoms with E-state index in [4.69, 9.17) is 49.6 Å². The molecule has 1 aliphatic rings. The molecule has 7 nitrogen and oxygen atoms in total. The van der Waals surface area contributed by atoms with Crippen molar-refractivity contribution in [3.8, 4) is 5.75 Å². The van der Waals surface area contributed by atoms with Gasteiger partial charge in [0.05, 0.1) is 18.1 Å². The molecule has 0 unspecified atom stereocenters. The Morgan fingerprint density at radius 2 is 2.09 bits per heavy atom. The van der Waals surface area contributed by atoms with Gasteiger partial charge in [0.15, 0.2) is 5.11 Å². The third kappa shape index (κ3) is 5.33. The molecule has 2 heterocycles. The minimum absolute atomic E-state index is 0.300. The van der Waals surface area contributed by atoms with Gasteiger partial charge in [0.1, 0.15) is 24.3 Å². The summed E-state index contributed by atoms with van der Waals surface area (Å²) in [4.78, 5) is 7.41. The molecule has 0 spiro atoms. The summed E-state index contributed by atoms with van der Waals surface area (Å²) in [5.41, 5.74) is 1.56. The van der Waals surface area contributed by atoms with E-state index in [1.807, 2.05) is 30.3 Å². The van der Waals surface area contributed by atoms with Crippen LogP contribution in [0.1, 0.15) is 11.4 Å². The average molecular weight is 493 g/mol. The molecular weight excluding hydrogens is 471 g/mol. The molecular formula is C22H22Cl2N4O3S. The van der Waals surface area contributed by atoms with E-state index in [1.54, 1.807) is 31.6 Å². The Morgan fingerprint density at radius 1 is 1.28 bits per heavy atom. The van der Waals surface area contributed by atoms with Gasteiger partial charge in [0, 0.05) is 35.7 Å². The van der Waals surface area contributed by atoms with E-state index in [-0.39, 0.29) is 6.10 Å². The van der Waals surface area contributed by atoms with Gasteiger partial charge in [-0.25, -0.2) is 4.98 Å². The smallest absolute Gasteiger partial charge is 0.204 e. The standard InChI is InChI=1S/C22H22Cl2N4O3S/c1-25-21(32)28-15-3-5-16(6-4-15)29-12-17-13-30-22(31-17,11-20-26-8-9-27-20)18-7-2-14(23)10-19(18)24/h2-10,17H,11-13H2,1H3,(H,26,27)(H2,25,28,32)/t17-,22-/m1/s1. The molecule has 168 valence electrons. The lowest BCUT2D eigenvalue weighted by atomic mass is 10.0. The zero-order valence-corrected chi connectivity index (χ0v) is 19.6. The highest BCUT2D eigenvalue weighted by Gasteiger charge is 2.45. The van der Waals surface area contributed by atoms with E-state index in [2.05, 4.69) is 20.6 Å². The van der Waals surface area contributed by atoms with E-state index < -0.39 is 5.79 Å². The largest absolute Gasteiger partial charge is 0.491 e. The Hall–Kier alpha value is -2.36. The number of imidazole rings is 1. The fraction of sp³-hybridized carbons (Fsp3) is 0.273. The van der Waals surface area contributed by atoms with E-state index >= 15 is 0 Å². The van der Waals surface area contributed by atoms with Crippen molar-refractivity contribution in [2.24, 2.45) is 0 Å². The molecule has 0 bridgehead atoms. The second-order valence-electron chi connectivity index (χ2n) is 7.18. The number of halogens is 2. The molecule has 32 heavy (non-hydrogen) atoms. The first-order valence-electron chi connectivity index (χ1n) is 9.94. The van der Waals surface area contributed by atoms with Crippen molar-refractivity contribution >= 4 is 46.2 Å². The van der Waals surface area contributed by atoms with Crippen LogP contribution in [0, 0.1) is 0 Å². The third-order valence-corrected chi connectivity index (χ3v) is 5.79. The zero-order valence-electron chi connectivity index (χ0n) is 17.2. The maximum atomic E-state index is 6.50. The Balaban J connectivity index is 1.45. The van der Waals surface area contributed by atoms with Crippen LogP contribution in [-0.2, 0) is 21.7 Å². The first kappa shape index (κ1) is 22.8. The molecule has 2 aromatic carbocycles. The minimum Gasteiger partial charge on any atom is -0.491 e. The maximum Gasteiger partial charge on any atom is 0.204 e. The van der Waals surface area contributed by atoms with Gasteiger partial charge in [-0.05, 0) is 48.6 Å². The quantitative estimate of drug-likeness (QED) is 0.418. The van der Waals surface area contributed by atoms with Crippen molar-refractivity contribution in [1.82, 2.24) is 15.3 Å². The van der Waals surface area contributed by atoms with Crippen LogP contribution in [0.25, 0.3) is 0 Å². The van der Waals surface area contributed by atoms with Crippen LogP contribution >= 0.6 is 35.4 Å². The van der Waals surface area contributed by atoms with Crippen LogP contribution in [0.4, 0.5) is 5.69 Å². The second kappa shape index (κ2) is 10.1. The molecule has 1 fully saturated rings. The Labute approximate surface area is 201 Å². The molecule has 1 aromatic heterocycles. The van der Waals surface area contributed by atoms with Crippen LogP contribution in [-0.4, -0.2) is 41.4 Å². The van der Waals surface area contributed by atoms with Gasteiger partial charge < -0.3 is 29.8 Å². The number of thiocarbonyl (C=S) groups is 1. The molecule has 1 aliphatic heterocycles. The van der Waals surface area contributed by atoms with Crippen molar-refractivity contribution in [3.63, 3.8) is 0 Å². The molecule has 0 aliphatic carbocycles. The highest BCUT2D eigenvalue weighted by molar-refractivity contribution is 7.80. The monoisotopic (exact) mass is 492 g/mol. The molecule has 4 rings (SSSR count). The first-order chi connectivity index (χ1) is 15.5. The van der Waals surface area contributed by atoms with Gasteiger partial charge in [-0.15, -0.1) is 0 Å². The van der Waals surface area contributed by atoms with E-state index in [0.29, 0.717) is 46.1 Å². The SMILES string of the molecule is CNC(=S)Nc1ccc(OC[C@@H]2CO[C@@](Cc3ncc[nH]3)(c3ccc(Cl)cc3Cl)O2)cc1. The van der Waals surface area contributed by atoms with E-state index in [1.165, 1.54) is 0 Å². The first-order valence-corrected chi connectivity index (χ1v) is 11.1. The summed E-state index contributed by atoms with van der Waals surface area (Å²) in [5.74, 6) is 0.340.